The highest BCUT2D eigenvalue weighted by atomic mass is 32.2. The number of primary sulfonamides is 1. The van der Waals surface area contributed by atoms with Gasteiger partial charge in [-0.2, -0.15) is 0 Å². The zero-order chi connectivity index (χ0) is 9.78. The number of halogens is 2. The lowest BCUT2D eigenvalue weighted by molar-refractivity contribution is 0.107. The molecule has 1 unspecified atom stereocenters. The first kappa shape index (κ1) is 11.7. The van der Waals surface area contributed by atoms with Gasteiger partial charge in [-0.15, -0.1) is 0 Å². The van der Waals surface area contributed by atoms with E-state index in [1.165, 1.54) is 6.92 Å². The fraction of sp³-hybridized carbons (Fsp3) is 1.00. The van der Waals surface area contributed by atoms with Crippen LogP contribution < -0.4 is 10.5 Å². The van der Waals surface area contributed by atoms with E-state index in [-0.39, 0.29) is 12.3 Å². The van der Waals surface area contributed by atoms with Crippen LogP contribution in [0.1, 0.15) is 6.92 Å². The maximum Gasteiger partial charge on any atom is 0.253 e. The van der Waals surface area contributed by atoms with Crippen LogP contribution in [-0.4, -0.2) is 33.2 Å². The van der Waals surface area contributed by atoms with Crippen LogP contribution >= 0.6 is 0 Å². The van der Waals surface area contributed by atoms with E-state index in [1.54, 1.807) is 0 Å². The summed E-state index contributed by atoms with van der Waals surface area (Å²) < 4.78 is 44.3. The van der Waals surface area contributed by atoms with Gasteiger partial charge in [-0.05, 0) is 6.92 Å². The number of nitrogens with two attached hydrogens (primary N) is 1. The smallest absolute Gasteiger partial charge is 0.253 e. The predicted molar refractivity (Wildman–Crippen MR) is 41.4 cm³/mol. The van der Waals surface area contributed by atoms with Crippen molar-refractivity contribution in [3.05, 3.63) is 0 Å². The van der Waals surface area contributed by atoms with Crippen molar-refractivity contribution >= 4 is 10.0 Å². The normalized spacial score (nSPS) is 15.1. The number of hydrogen-bond donors (Lipinski definition) is 2. The summed E-state index contributed by atoms with van der Waals surface area (Å²) in [6.07, 6.45) is -2.49. The molecule has 4 nitrogen and oxygen atoms in total. The van der Waals surface area contributed by atoms with Crippen molar-refractivity contribution in [2.45, 2.75) is 19.4 Å². The molecule has 3 N–H and O–H groups in total. The van der Waals surface area contributed by atoms with Crippen LogP contribution in [0.4, 0.5) is 8.78 Å². The summed E-state index contributed by atoms with van der Waals surface area (Å²) in [6.45, 7) is 1.22. The molecule has 0 amide bonds. The molecule has 0 aromatic rings. The minimum atomic E-state index is -3.55. The van der Waals surface area contributed by atoms with Crippen LogP contribution in [0.2, 0.25) is 0 Å². The third-order valence-corrected chi connectivity index (χ3v) is 2.00. The summed E-state index contributed by atoms with van der Waals surface area (Å²) in [5, 5.41) is 6.97. The molecule has 1 atom stereocenters. The predicted octanol–water partition coefficient (Wildman–Crippen LogP) is -0.482. The van der Waals surface area contributed by atoms with E-state index in [0.717, 1.165) is 0 Å². The summed E-state index contributed by atoms with van der Waals surface area (Å²) in [5.41, 5.74) is 0. The maximum absolute atomic E-state index is 11.8. The first-order valence-corrected chi connectivity index (χ1v) is 5.06. The Bertz CT molecular complexity index is 217. The monoisotopic (exact) mass is 202 g/mol. The lowest BCUT2D eigenvalue weighted by atomic mass is 10.3. The fourth-order valence-electron chi connectivity index (χ4n) is 0.518. The molecule has 0 aliphatic carbocycles. The molecular formula is C5H12F2N2O2S. The van der Waals surface area contributed by atoms with E-state index >= 15 is 0 Å². The van der Waals surface area contributed by atoms with E-state index in [1.807, 2.05) is 0 Å². The summed E-state index contributed by atoms with van der Waals surface area (Å²) in [4.78, 5) is 0. The van der Waals surface area contributed by atoms with Gasteiger partial charge < -0.3 is 5.32 Å². The Morgan fingerprint density at radius 2 is 2.00 bits per heavy atom. The van der Waals surface area contributed by atoms with Gasteiger partial charge in [0.05, 0.1) is 11.8 Å². The molecule has 0 saturated carbocycles. The number of rotatable bonds is 5. The molecule has 0 aliphatic heterocycles. The van der Waals surface area contributed by atoms with E-state index in [4.69, 9.17) is 0 Å². The van der Waals surface area contributed by atoms with Crippen LogP contribution in [-0.2, 0) is 10.0 Å². The molecular weight excluding hydrogens is 190 g/mol. The van der Waals surface area contributed by atoms with Gasteiger partial charge in [-0.25, -0.2) is 22.3 Å². The van der Waals surface area contributed by atoms with E-state index in [2.05, 4.69) is 10.5 Å². The zero-order valence-electron chi connectivity index (χ0n) is 6.63. The Kier molecular flexibility index (Phi) is 4.58. The molecule has 0 aliphatic rings. The Hall–Kier alpha value is -0.270. The van der Waals surface area contributed by atoms with Crippen LogP contribution in [0, 0.1) is 0 Å². The first-order valence-electron chi connectivity index (χ1n) is 3.35. The van der Waals surface area contributed by atoms with Crippen molar-refractivity contribution in [3.8, 4) is 0 Å². The fourth-order valence-corrected chi connectivity index (χ4v) is 0.920. The minimum Gasteiger partial charge on any atom is -0.308 e. The molecule has 0 aromatic heterocycles. The van der Waals surface area contributed by atoms with Crippen LogP contribution in [0.3, 0.4) is 0 Å². The number of hydrogen-bond acceptors (Lipinski definition) is 3. The molecule has 0 radical (unpaired) electrons. The van der Waals surface area contributed by atoms with Crippen molar-refractivity contribution in [3.63, 3.8) is 0 Å². The molecule has 0 fully saturated rings. The lowest BCUT2D eigenvalue weighted by Gasteiger charge is -2.11. The van der Waals surface area contributed by atoms with Gasteiger partial charge in [0.1, 0.15) is 0 Å². The second-order valence-corrected chi connectivity index (χ2v) is 4.18. The Balaban J connectivity index is 3.58. The highest BCUT2D eigenvalue weighted by Gasteiger charge is 2.13. The SMILES string of the molecule is CC(NCCS(N)(=O)=O)C(F)F. The zero-order valence-corrected chi connectivity index (χ0v) is 7.44. The van der Waals surface area contributed by atoms with Crippen molar-refractivity contribution < 1.29 is 17.2 Å². The third-order valence-electron chi connectivity index (χ3n) is 1.23. The molecule has 0 bridgehead atoms. The quantitative estimate of drug-likeness (QED) is 0.632. The largest absolute Gasteiger partial charge is 0.308 e. The van der Waals surface area contributed by atoms with Crippen molar-refractivity contribution in [1.82, 2.24) is 5.32 Å². The highest BCUT2D eigenvalue weighted by Crippen LogP contribution is 1.98. The topological polar surface area (TPSA) is 72.2 Å². The summed E-state index contributed by atoms with van der Waals surface area (Å²) in [5.74, 6) is -0.329. The molecule has 12 heavy (non-hydrogen) atoms. The number of nitrogens with one attached hydrogen (secondary N) is 1. The second kappa shape index (κ2) is 4.68. The third kappa shape index (κ3) is 6.44. The molecule has 0 saturated heterocycles. The van der Waals surface area contributed by atoms with Gasteiger partial charge in [0.15, 0.2) is 0 Å². The van der Waals surface area contributed by atoms with Gasteiger partial charge in [-0.1, -0.05) is 0 Å². The van der Waals surface area contributed by atoms with Gasteiger partial charge in [0.2, 0.25) is 10.0 Å². The Labute approximate surface area is 70.2 Å². The van der Waals surface area contributed by atoms with E-state index in [0.29, 0.717) is 0 Å². The minimum absolute atomic E-state index is 0.0512. The Morgan fingerprint density at radius 1 is 1.50 bits per heavy atom. The molecule has 0 aromatic carbocycles. The average Bonchev–Trinajstić information content (AvgIpc) is 1.84. The molecule has 74 valence electrons. The lowest BCUT2D eigenvalue weighted by Crippen LogP contribution is -2.37. The molecule has 0 spiro atoms. The van der Waals surface area contributed by atoms with E-state index in [9.17, 15) is 17.2 Å². The summed E-state index contributed by atoms with van der Waals surface area (Å²) in [6, 6.07) is -1.01. The first-order chi connectivity index (χ1) is 5.33. The highest BCUT2D eigenvalue weighted by molar-refractivity contribution is 7.89. The summed E-state index contributed by atoms with van der Waals surface area (Å²) in [7, 11) is -3.55. The number of sulfonamides is 1. The van der Waals surface area contributed by atoms with Gasteiger partial charge >= 0.3 is 0 Å². The molecule has 7 heteroatoms. The second-order valence-electron chi connectivity index (χ2n) is 2.44. The average molecular weight is 202 g/mol. The van der Waals surface area contributed by atoms with Crippen molar-refractivity contribution in [2.75, 3.05) is 12.3 Å². The van der Waals surface area contributed by atoms with Crippen LogP contribution in [0.15, 0.2) is 0 Å². The molecule has 0 rings (SSSR count). The van der Waals surface area contributed by atoms with Gasteiger partial charge in [0.25, 0.3) is 6.43 Å². The van der Waals surface area contributed by atoms with Crippen molar-refractivity contribution in [1.29, 1.82) is 0 Å². The summed E-state index contributed by atoms with van der Waals surface area (Å²) >= 11 is 0. The maximum atomic E-state index is 11.8. The number of alkyl halides is 2. The molecule has 0 heterocycles. The van der Waals surface area contributed by atoms with E-state index < -0.39 is 22.5 Å². The van der Waals surface area contributed by atoms with Crippen LogP contribution in [0.25, 0.3) is 0 Å². The van der Waals surface area contributed by atoms with Crippen molar-refractivity contribution in [2.24, 2.45) is 5.14 Å². The van der Waals surface area contributed by atoms with Gasteiger partial charge in [-0.3, -0.25) is 0 Å². The van der Waals surface area contributed by atoms with Crippen LogP contribution in [0.5, 0.6) is 0 Å². The van der Waals surface area contributed by atoms with Gasteiger partial charge in [0, 0.05) is 6.54 Å². The Morgan fingerprint density at radius 3 is 2.33 bits per heavy atom. The standard InChI is InChI=1S/C5H12F2N2O2S/c1-4(5(6)7)9-2-3-12(8,10)11/h4-5,9H,2-3H2,1H3,(H2,8,10,11).